The van der Waals surface area contributed by atoms with Gasteiger partial charge in [-0.05, 0) is 37.8 Å². The van der Waals surface area contributed by atoms with E-state index in [4.69, 9.17) is 10.7 Å². The Morgan fingerprint density at radius 2 is 2.00 bits per heavy atom. The van der Waals surface area contributed by atoms with Crippen LogP contribution in [0.3, 0.4) is 0 Å². The Labute approximate surface area is 114 Å². The lowest BCUT2D eigenvalue weighted by atomic mass is 10.2. The molecule has 0 radical (unpaired) electrons. The van der Waals surface area contributed by atoms with Crippen molar-refractivity contribution in [3.05, 3.63) is 12.1 Å². The van der Waals surface area contributed by atoms with Crippen molar-refractivity contribution in [1.82, 2.24) is 4.98 Å². The summed E-state index contributed by atoms with van der Waals surface area (Å²) in [5.74, 6) is 1.87. The van der Waals surface area contributed by atoms with E-state index in [2.05, 4.69) is 9.80 Å². The third-order valence-corrected chi connectivity index (χ3v) is 4.18. The second kappa shape index (κ2) is 5.25. The van der Waals surface area contributed by atoms with Gasteiger partial charge >= 0.3 is 0 Å². The molecule has 3 N–H and O–H groups in total. The van der Waals surface area contributed by atoms with Crippen LogP contribution in [0.25, 0.3) is 0 Å². The lowest BCUT2D eigenvalue weighted by Crippen LogP contribution is -2.33. The molecule has 0 spiro atoms. The van der Waals surface area contributed by atoms with Gasteiger partial charge in [-0.3, -0.25) is 0 Å². The van der Waals surface area contributed by atoms with Crippen LogP contribution in [0.5, 0.6) is 0 Å². The third-order valence-electron chi connectivity index (χ3n) is 4.18. The van der Waals surface area contributed by atoms with Gasteiger partial charge in [0.15, 0.2) is 5.82 Å². The normalized spacial score (nSPS) is 23.3. The van der Waals surface area contributed by atoms with Crippen molar-refractivity contribution in [2.24, 2.45) is 0 Å². The predicted molar refractivity (Wildman–Crippen MR) is 77.6 cm³/mol. The van der Waals surface area contributed by atoms with Crippen LogP contribution >= 0.6 is 0 Å². The molecule has 0 amide bonds. The summed E-state index contributed by atoms with van der Waals surface area (Å²) in [6.07, 6.45) is 4.60. The number of pyridine rings is 1. The summed E-state index contributed by atoms with van der Waals surface area (Å²) in [6, 6.07) is 4.13. The van der Waals surface area contributed by atoms with Crippen molar-refractivity contribution in [2.75, 3.05) is 41.8 Å². The summed E-state index contributed by atoms with van der Waals surface area (Å²) in [4.78, 5) is 9.22. The molecule has 3 heterocycles. The molecule has 2 saturated heterocycles. The molecule has 5 heteroatoms. The molecule has 5 nitrogen and oxygen atoms in total. The Kier molecular flexibility index (Phi) is 3.46. The molecule has 2 aliphatic rings. The van der Waals surface area contributed by atoms with Gasteiger partial charge in [0.1, 0.15) is 5.82 Å². The van der Waals surface area contributed by atoms with Gasteiger partial charge in [-0.1, -0.05) is 0 Å². The number of nitrogen functional groups attached to an aromatic ring is 1. The van der Waals surface area contributed by atoms with Crippen LogP contribution < -0.4 is 15.5 Å². The van der Waals surface area contributed by atoms with Crippen molar-refractivity contribution in [1.29, 1.82) is 0 Å². The van der Waals surface area contributed by atoms with Gasteiger partial charge in [0, 0.05) is 19.6 Å². The van der Waals surface area contributed by atoms with E-state index >= 15 is 0 Å². The van der Waals surface area contributed by atoms with Crippen LogP contribution in [0, 0.1) is 0 Å². The third kappa shape index (κ3) is 2.34. The number of aromatic nitrogens is 1. The molecule has 19 heavy (non-hydrogen) atoms. The lowest BCUT2D eigenvalue weighted by Gasteiger charge is -2.27. The van der Waals surface area contributed by atoms with E-state index < -0.39 is 0 Å². The van der Waals surface area contributed by atoms with Gasteiger partial charge in [0.05, 0.1) is 18.3 Å². The number of hydrogen-bond donors (Lipinski definition) is 2. The molecule has 2 fully saturated rings. The highest BCUT2D eigenvalue weighted by Crippen LogP contribution is 2.31. The smallest absolute Gasteiger partial charge is 0.154 e. The van der Waals surface area contributed by atoms with E-state index in [1.165, 1.54) is 12.8 Å². The Bertz CT molecular complexity index is 445. The van der Waals surface area contributed by atoms with Crippen molar-refractivity contribution >= 4 is 17.3 Å². The van der Waals surface area contributed by atoms with E-state index in [1.807, 2.05) is 12.1 Å². The fraction of sp³-hybridized carbons (Fsp3) is 0.643. The fourth-order valence-electron chi connectivity index (χ4n) is 3.11. The minimum atomic E-state index is 0.170. The highest BCUT2D eigenvalue weighted by atomic mass is 16.3. The van der Waals surface area contributed by atoms with Crippen molar-refractivity contribution in [2.45, 2.75) is 31.7 Å². The number of nitrogens with zero attached hydrogens (tertiary/aromatic N) is 3. The number of anilines is 3. The van der Waals surface area contributed by atoms with Crippen molar-refractivity contribution < 1.29 is 5.11 Å². The summed E-state index contributed by atoms with van der Waals surface area (Å²) in [5.41, 5.74) is 6.79. The van der Waals surface area contributed by atoms with E-state index in [1.54, 1.807) is 0 Å². The van der Waals surface area contributed by atoms with Gasteiger partial charge in [-0.2, -0.15) is 0 Å². The minimum Gasteiger partial charge on any atom is -0.396 e. The van der Waals surface area contributed by atoms with Crippen LogP contribution in [0.4, 0.5) is 17.3 Å². The van der Waals surface area contributed by atoms with Gasteiger partial charge in [0.2, 0.25) is 0 Å². The van der Waals surface area contributed by atoms with Crippen molar-refractivity contribution in [3.63, 3.8) is 0 Å². The van der Waals surface area contributed by atoms with Gasteiger partial charge < -0.3 is 20.6 Å². The van der Waals surface area contributed by atoms with E-state index in [9.17, 15) is 5.11 Å². The number of rotatable bonds is 3. The monoisotopic (exact) mass is 262 g/mol. The summed E-state index contributed by atoms with van der Waals surface area (Å²) in [6.45, 7) is 3.28. The fourth-order valence-corrected chi connectivity index (χ4v) is 3.11. The molecule has 1 atom stereocenters. The molecule has 0 aromatic carbocycles. The Balaban J connectivity index is 1.89. The highest BCUT2D eigenvalue weighted by Gasteiger charge is 2.27. The Hall–Kier alpha value is -1.49. The maximum atomic E-state index is 9.45. The number of hydrogen-bond acceptors (Lipinski definition) is 5. The average molecular weight is 262 g/mol. The first-order valence-corrected chi connectivity index (χ1v) is 7.18. The first-order valence-electron chi connectivity index (χ1n) is 7.18. The molecule has 1 aromatic heterocycles. The van der Waals surface area contributed by atoms with Crippen LogP contribution in [0.15, 0.2) is 12.1 Å². The van der Waals surface area contributed by atoms with Gasteiger partial charge in [-0.15, -0.1) is 0 Å². The molecule has 0 saturated carbocycles. The van der Waals surface area contributed by atoms with E-state index in [0.717, 1.165) is 44.1 Å². The van der Waals surface area contributed by atoms with Crippen LogP contribution in [0.2, 0.25) is 0 Å². The Morgan fingerprint density at radius 1 is 1.21 bits per heavy atom. The predicted octanol–water partition coefficient (Wildman–Crippen LogP) is 1.23. The molecule has 0 aliphatic carbocycles. The summed E-state index contributed by atoms with van der Waals surface area (Å²) in [5, 5.41) is 9.45. The molecular formula is C14H22N4O. The van der Waals surface area contributed by atoms with E-state index in [-0.39, 0.29) is 12.6 Å². The number of aliphatic hydroxyl groups excluding tert-OH is 1. The Morgan fingerprint density at radius 3 is 2.74 bits per heavy atom. The van der Waals surface area contributed by atoms with Crippen LogP contribution in [-0.4, -0.2) is 42.4 Å². The maximum absolute atomic E-state index is 9.45. The maximum Gasteiger partial charge on any atom is 0.154 e. The zero-order chi connectivity index (χ0) is 13.2. The molecule has 1 aromatic rings. The molecule has 104 valence electrons. The number of aliphatic hydroxyl groups is 1. The molecule has 3 rings (SSSR count). The SMILES string of the molecule is Nc1ccc(N2CCCC2)nc1N1CCCC1CO. The standard InChI is InChI=1S/C14H22N4O/c15-12-5-6-13(17-7-1-2-8-17)16-14(12)18-9-3-4-11(18)10-19/h5-6,11,19H,1-4,7-10,15H2. The lowest BCUT2D eigenvalue weighted by molar-refractivity contribution is 0.266. The van der Waals surface area contributed by atoms with Gasteiger partial charge in [-0.25, -0.2) is 4.98 Å². The summed E-state index contributed by atoms with van der Waals surface area (Å²) < 4.78 is 0. The quantitative estimate of drug-likeness (QED) is 0.857. The largest absolute Gasteiger partial charge is 0.396 e. The second-order valence-electron chi connectivity index (χ2n) is 5.45. The average Bonchev–Trinajstić information content (AvgIpc) is 3.10. The first kappa shape index (κ1) is 12.5. The van der Waals surface area contributed by atoms with Crippen LogP contribution in [0.1, 0.15) is 25.7 Å². The zero-order valence-electron chi connectivity index (χ0n) is 11.3. The summed E-state index contributed by atoms with van der Waals surface area (Å²) in [7, 11) is 0. The minimum absolute atomic E-state index is 0.170. The zero-order valence-corrected chi connectivity index (χ0v) is 11.3. The van der Waals surface area contributed by atoms with Crippen molar-refractivity contribution in [3.8, 4) is 0 Å². The second-order valence-corrected chi connectivity index (χ2v) is 5.45. The van der Waals surface area contributed by atoms with E-state index in [0.29, 0.717) is 5.69 Å². The number of nitrogens with two attached hydrogens (primary N) is 1. The highest BCUT2D eigenvalue weighted by molar-refractivity contribution is 5.67. The molecular weight excluding hydrogens is 240 g/mol. The van der Waals surface area contributed by atoms with Gasteiger partial charge in [0.25, 0.3) is 0 Å². The molecule has 0 bridgehead atoms. The van der Waals surface area contributed by atoms with Crippen LogP contribution in [-0.2, 0) is 0 Å². The first-order chi connectivity index (χ1) is 9.29. The summed E-state index contributed by atoms with van der Waals surface area (Å²) >= 11 is 0. The molecule has 1 unspecified atom stereocenters. The molecule has 2 aliphatic heterocycles. The topological polar surface area (TPSA) is 65.6 Å².